The highest BCUT2D eigenvalue weighted by atomic mass is 16.5. The van der Waals surface area contributed by atoms with Crippen LogP contribution in [0.2, 0.25) is 0 Å². The van der Waals surface area contributed by atoms with E-state index in [1.54, 1.807) is 0 Å². The number of rotatable bonds is 4. The second-order valence-corrected chi connectivity index (χ2v) is 7.47. The topological polar surface area (TPSA) is 65.1 Å². The number of urea groups is 1. The highest BCUT2D eigenvalue weighted by Gasteiger charge is 2.26. The summed E-state index contributed by atoms with van der Waals surface area (Å²) in [5.41, 5.74) is 2.05. The number of benzene rings is 1. The minimum absolute atomic E-state index is 0.0103. The maximum atomic E-state index is 12.5. The minimum Gasteiger partial charge on any atom is -0.378 e. The molecule has 1 aromatic rings. The largest absolute Gasteiger partial charge is 0.378 e. The van der Waals surface area contributed by atoms with Crippen molar-refractivity contribution >= 4 is 17.6 Å². The highest BCUT2D eigenvalue weighted by molar-refractivity contribution is 5.92. The van der Waals surface area contributed by atoms with E-state index in [2.05, 4.69) is 30.1 Å². The lowest BCUT2D eigenvalue weighted by Crippen LogP contribution is -2.55. The minimum atomic E-state index is -0.0103. The molecule has 3 rings (SSSR count). The van der Waals surface area contributed by atoms with E-state index in [1.807, 2.05) is 28.0 Å². The highest BCUT2D eigenvalue weighted by Crippen LogP contribution is 2.18. The van der Waals surface area contributed by atoms with Gasteiger partial charge >= 0.3 is 6.03 Å². The van der Waals surface area contributed by atoms with Crippen LogP contribution >= 0.6 is 0 Å². The Morgan fingerprint density at radius 2 is 1.70 bits per heavy atom. The molecule has 2 fully saturated rings. The van der Waals surface area contributed by atoms with Gasteiger partial charge in [0, 0.05) is 45.0 Å². The Kier molecular flexibility index (Phi) is 6.68. The fourth-order valence-electron chi connectivity index (χ4n) is 3.43. The smallest absolute Gasteiger partial charge is 0.320 e. The first-order valence-electron chi connectivity index (χ1n) is 9.76. The van der Waals surface area contributed by atoms with E-state index in [9.17, 15) is 9.59 Å². The van der Waals surface area contributed by atoms with Crippen LogP contribution in [0.4, 0.5) is 10.5 Å². The summed E-state index contributed by atoms with van der Waals surface area (Å²) in [6.07, 6.45) is 0. The van der Waals surface area contributed by atoms with Gasteiger partial charge < -0.3 is 19.9 Å². The fourth-order valence-corrected chi connectivity index (χ4v) is 3.43. The van der Waals surface area contributed by atoms with Crippen molar-refractivity contribution in [3.63, 3.8) is 0 Å². The molecule has 2 aliphatic heterocycles. The molecule has 0 atom stereocenters. The summed E-state index contributed by atoms with van der Waals surface area (Å²) < 4.78 is 5.30. The first-order valence-corrected chi connectivity index (χ1v) is 9.76. The maximum absolute atomic E-state index is 12.5. The second kappa shape index (κ2) is 9.19. The van der Waals surface area contributed by atoms with Crippen LogP contribution in [-0.2, 0) is 9.53 Å². The summed E-state index contributed by atoms with van der Waals surface area (Å²) >= 11 is 0. The number of morpholine rings is 1. The lowest BCUT2D eigenvalue weighted by molar-refractivity contribution is -0.117. The van der Waals surface area contributed by atoms with Gasteiger partial charge in [0.15, 0.2) is 0 Å². The zero-order valence-electron chi connectivity index (χ0n) is 16.3. The summed E-state index contributed by atoms with van der Waals surface area (Å²) in [6, 6.07) is 8.09. The van der Waals surface area contributed by atoms with Crippen LogP contribution in [0.5, 0.6) is 0 Å². The molecular weight excluding hydrogens is 344 g/mol. The van der Waals surface area contributed by atoms with Crippen LogP contribution in [-0.4, -0.2) is 85.7 Å². The van der Waals surface area contributed by atoms with E-state index in [0.29, 0.717) is 51.9 Å². The summed E-state index contributed by atoms with van der Waals surface area (Å²) in [5.74, 6) is 0.419. The number of ether oxygens (including phenoxy) is 1. The van der Waals surface area contributed by atoms with Crippen LogP contribution < -0.4 is 5.32 Å². The number of hydrogen-bond acceptors (Lipinski definition) is 4. The molecular formula is C20H30N4O3. The molecule has 7 nitrogen and oxygen atoms in total. The Morgan fingerprint density at radius 1 is 1.04 bits per heavy atom. The first-order chi connectivity index (χ1) is 13.0. The third kappa shape index (κ3) is 5.43. The predicted octanol–water partition coefficient (Wildman–Crippen LogP) is 1.82. The number of carbonyl (C=O) groups is 2. The van der Waals surface area contributed by atoms with Gasteiger partial charge in [-0.25, -0.2) is 4.79 Å². The Bertz CT molecular complexity index is 650. The quantitative estimate of drug-likeness (QED) is 0.873. The van der Waals surface area contributed by atoms with Crippen LogP contribution in [0.15, 0.2) is 24.3 Å². The van der Waals surface area contributed by atoms with Crippen molar-refractivity contribution in [2.75, 3.05) is 64.3 Å². The van der Waals surface area contributed by atoms with Gasteiger partial charge in [0.1, 0.15) is 0 Å². The number of carbonyl (C=O) groups excluding carboxylic acids is 2. The normalized spacial score (nSPS) is 18.6. The summed E-state index contributed by atoms with van der Waals surface area (Å²) in [6.45, 7) is 9.94. The van der Waals surface area contributed by atoms with E-state index < -0.39 is 0 Å². The third-order valence-electron chi connectivity index (χ3n) is 5.13. The third-order valence-corrected chi connectivity index (χ3v) is 5.13. The standard InChI is InChI=1S/C20H30N4O3/c1-16(2)17-4-3-5-18(14-17)21-19(25)15-22-6-8-23(9-7-22)20(26)24-10-12-27-13-11-24/h3-5,14,16H,6-13,15H2,1-2H3,(H,21,25). The second-order valence-electron chi connectivity index (χ2n) is 7.47. The lowest BCUT2D eigenvalue weighted by atomic mass is 10.0. The molecule has 7 heteroatoms. The maximum Gasteiger partial charge on any atom is 0.320 e. The monoisotopic (exact) mass is 374 g/mol. The Hall–Kier alpha value is -2.12. The molecule has 27 heavy (non-hydrogen) atoms. The molecule has 3 amide bonds. The average molecular weight is 374 g/mol. The van der Waals surface area contributed by atoms with E-state index in [0.717, 1.165) is 18.8 Å². The van der Waals surface area contributed by atoms with Gasteiger partial charge in [-0.2, -0.15) is 0 Å². The number of anilines is 1. The van der Waals surface area contributed by atoms with Crippen molar-refractivity contribution in [2.45, 2.75) is 19.8 Å². The molecule has 0 saturated carbocycles. The van der Waals surface area contributed by atoms with Gasteiger partial charge in [0.2, 0.25) is 5.91 Å². The molecule has 0 spiro atoms. The van der Waals surface area contributed by atoms with Crippen molar-refractivity contribution in [1.82, 2.24) is 14.7 Å². The van der Waals surface area contributed by atoms with Crippen molar-refractivity contribution in [1.29, 1.82) is 0 Å². The van der Waals surface area contributed by atoms with Gasteiger partial charge in [0.05, 0.1) is 19.8 Å². The van der Waals surface area contributed by atoms with Crippen LogP contribution in [0.3, 0.4) is 0 Å². The van der Waals surface area contributed by atoms with E-state index in [1.165, 1.54) is 5.56 Å². The Balaban J connectivity index is 1.44. The zero-order valence-corrected chi connectivity index (χ0v) is 16.3. The van der Waals surface area contributed by atoms with Crippen molar-refractivity contribution in [3.05, 3.63) is 29.8 Å². The van der Waals surface area contributed by atoms with Crippen LogP contribution in [0.25, 0.3) is 0 Å². The first kappa shape index (κ1) is 19.6. The molecule has 1 N–H and O–H groups in total. The summed E-state index contributed by atoms with van der Waals surface area (Å²) in [4.78, 5) is 30.7. The summed E-state index contributed by atoms with van der Waals surface area (Å²) in [5, 5.41) is 2.99. The van der Waals surface area contributed by atoms with Gasteiger partial charge in [-0.3, -0.25) is 9.69 Å². The molecule has 2 aliphatic rings. The molecule has 148 valence electrons. The number of hydrogen-bond donors (Lipinski definition) is 1. The van der Waals surface area contributed by atoms with Gasteiger partial charge in [-0.05, 0) is 23.6 Å². The predicted molar refractivity (Wildman–Crippen MR) is 105 cm³/mol. The van der Waals surface area contributed by atoms with Crippen LogP contribution in [0, 0.1) is 0 Å². The lowest BCUT2D eigenvalue weighted by Gasteiger charge is -2.38. The van der Waals surface area contributed by atoms with E-state index in [-0.39, 0.29) is 11.9 Å². The van der Waals surface area contributed by atoms with Gasteiger partial charge in [-0.15, -0.1) is 0 Å². The van der Waals surface area contributed by atoms with Crippen LogP contribution in [0.1, 0.15) is 25.3 Å². The molecule has 1 aromatic carbocycles. The molecule has 0 unspecified atom stereocenters. The zero-order chi connectivity index (χ0) is 19.2. The molecule has 0 radical (unpaired) electrons. The van der Waals surface area contributed by atoms with Gasteiger partial charge in [0.25, 0.3) is 0 Å². The molecule has 0 aromatic heterocycles. The number of amides is 3. The van der Waals surface area contributed by atoms with E-state index in [4.69, 9.17) is 4.74 Å². The molecule has 2 heterocycles. The van der Waals surface area contributed by atoms with Crippen molar-refractivity contribution < 1.29 is 14.3 Å². The number of nitrogens with zero attached hydrogens (tertiary/aromatic N) is 3. The fraction of sp³-hybridized carbons (Fsp3) is 0.600. The van der Waals surface area contributed by atoms with Gasteiger partial charge in [-0.1, -0.05) is 26.0 Å². The van der Waals surface area contributed by atoms with Crippen molar-refractivity contribution in [3.8, 4) is 0 Å². The van der Waals surface area contributed by atoms with E-state index >= 15 is 0 Å². The molecule has 2 saturated heterocycles. The average Bonchev–Trinajstić information content (AvgIpc) is 2.69. The van der Waals surface area contributed by atoms with Crippen molar-refractivity contribution in [2.24, 2.45) is 0 Å². The SMILES string of the molecule is CC(C)c1cccc(NC(=O)CN2CCN(C(=O)N3CCOCC3)CC2)c1. The Labute approximate surface area is 161 Å². The molecule has 0 aliphatic carbocycles. The number of piperazine rings is 1. The molecule has 0 bridgehead atoms. The number of nitrogens with one attached hydrogen (secondary N) is 1. The Morgan fingerprint density at radius 3 is 2.37 bits per heavy atom. The summed E-state index contributed by atoms with van der Waals surface area (Å²) in [7, 11) is 0.